The summed E-state index contributed by atoms with van der Waals surface area (Å²) in [7, 11) is 0. The number of rotatable bonds is 3. The molecule has 1 N–H and O–H groups in total. The molecule has 0 aliphatic carbocycles. The van der Waals surface area contributed by atoms with Crippen molar-refractivity contribution in [2.24, 2.45) is 0 Å². The first kappa shape index (κ1) is 10.5. The molecular formula is C10H15N3O. The number of allylic oxidation sites excluding steroid dienone is 1. The van der Waals surface area contributed by atoms with Gasteiger partial charge in [-0.15, -0.1) is 0 Å². The number of amides is 1. The Labute approximate surface area is 83.6 Å². The van der Waals surface area contributed by atoms with Crippen LogP contribution in [0.15, 0.2) is 24.4 Å². The minimum atomic E-state index is -0.130. The Bertz CT molecular complexity index is 339. The van der Waals surface area contributed by atoms with Crippen molar-refractivity contribution in [2.45, 2.75) is 26.8 Å². The first-order valence-electron chi connectivity index (χ1n) is 4.62. The third-order valence-electron chi connectivity index (χ3n) is 1.73. The van der Waals surface area contributed by atoms with Gasteiger partial charge in [-0.3, -0.25) is 4.79 Å². The van der Waals surface area contributed by atoms with Crippen LogP contribution < -0.4 is 5.32 Å². The van der Waals surface area contributed by atoms with Crippen molar-refractivity contribution in [3.05, 3.63) is 24.4 Å². The SMILES string of the molecule is CC=CC(=O)Nc1ccnn1C(C)C. The number of aromatic nitrogens is 2. The molecule has 14 heavy (non-hydrogen) atoms. The molecule has 1 aromatic rings. The highest BCUT2D eigenvalue weighted by Gasteiger charge is 2.06. The fraction of sp³-hybridized carbons (Fsp3) is 0.400. The summed E-state index contributed by atoms with van der Waals surface area (Å²) in [4.78, 5) is 11.2. The third-order valence-corrected chi connectivity index (χ3v) is 1.73. The molecule has 0 fully saturated rings. The van der Waals surface area contributed by atoms with Gasteiger partial charge >= 0.3 is 0 Å². The van der Waals surface area contributed by atoms with Crippen LogP contribution in [-0.2, 0) is 4.79 Å². The smallest absolute Gasteiger partial charge is 0.249 e. The summed E-state index contributed by atoms with van der Waals surface area (Å²) in [6.07, 6.45) is 4.86. The van der Waals surface area contributed by atoms with Gasteiger partial charge in [0.05, 0.1) is 6.20 Å². The number of nitrogens with one attached hydrogen (secondary N) is 1. The molecular weight excluding hydrogens is 178 g/mol. The van der Waals surface area contributed by atoms with E-state index in [0.717, 1.165) is 5.82 Å². The Balaban J connectivity index is 2.76. The number of hydrogen-bond acceptors (Lipinski definition) is 2. The molecule has 4 nitrogen and oxygen atoms in total. The third kappa shape index (κ3) is 2.45. The zero-order valence-electron chi connectivity index (χ0n) is 8.69. The lowest BCUT2D eigenvalue weighted by Crippen LogP contribution is -2.14. The quantitative estimate of drug-likeness (QED) is 0.746. The van der Waals surface area contributed by atoms with Crippen LogP contribution in [0.1, 0.15) is 26.8 Å². The Hall–Kier alpha value is -1.58. The summed E-state index contributed by atoms with van der Waals surface area (Å²) < 4.78 is 1.77. The fourth-order valence-corrected chi connectivity index (χ4v) is 1.14. The molecule has 0 bridgehead atoms. The van der Waals surface area contributed by atoms with Gasteiger partial charge in [0, 0.05) is 12.1 Å². The number of anilines is 1. The molecule has 0 aliphatic heterocycles. The van der Waals surface area contributed by atoms with Gasteiger partial charge in [-0.05, 0) is 26.8 Å². The Kier molecular flexibility index (Phi) is 3.45. The molecule has 1 aromatic heterocycles. The molecule has 0 spiro atoms. The highest BCUT2D eigenvalue weighted by molar-refractivity contribution is 5.98. The number of carbonyl (C=O) groups is 1. The lowest BCUT2D eigenvalue weighted by Gasteiger charge is -2.10. The predicted molar refractivity (Wildman–Crippen MR) is 56.1 cm³/mol. The Morgan fingerprint density at radius 2 is 2.36 bits per heavy atom. The van der Waals surface area contributed by atoms with E-state index >= 15 is 0 Å². The number of carbonyl (C=O) groups excluding carboxylic acids is 1. The monoisotopic (exact) mass is 193 g/mol. The topological polar surface area (TPSA) is 46.9 Å². The van der Waals surface area contributed by atoms with Gasteiger partial charge in [0.25, 0.3) is 0 Å². The van der Waals surface area contributed by atoms with Crippen molar-refractivity contribution in [2.75, 3.05) is 5.32 Å². The first-order chi connectivity index (χ1) is 6.65. The largest absolute Gasteiger partial charge is 0.307 e. The van der Waals surface area contributed by atoms with Crippen LogP contribution in [0.2, 0.25) is 0 Å². The number of nitrogens with zero attached hydrogens (tertiary/aromatic N) is 2. The van der Waals surface area contributed by atoms with Gasteiger partial charge in [-0.2, -0.15) is 5.10 Å². The summed E-state index contributed by atoms with van der Waals surface area (Å²) >= 11 is 0. The molecule has 1 amide bonds. The Morgan fingerprint density at radius 1 is 1.64 bits per heavy atom. The van der Waals surface area contributed by atoms with E-state index in [9.17, 15) is 4.79 Å². The van der Waals surface area contributed by atoms with Gasteiger partial charge in [-0.1, -0.05) is 6.08 Å². The number of hydrogen-bond donors (Lipinski definition) is 1. The summed E-state index contributed by atoms with van der Waals surface area (Å²) in [6, 6.07) is 2.02. The van der Waals surface area contributed by atoms with Crippen LogP contribution in [0, 0.1) is 0 Å². The van der Waals surface area contributed by atoms with Crippen LogP contribution in [0.25, 0.3) is 0 Å². The van der Waals surface area contributed by atoms with Crippen molar-refractivity contribution >= 4 is 11.7 Å². The van der Waals surface area contributed by atoms with E-state index in [1.807, 2.05) is 13.8 Å². The molecule has 4 heteroatoms. The van der Waals surface area contributed by atoms with Crippen LogP contribution in [-0.4, -0.2) is 15.7 Å². The molecule has 76 valence electrons. The van der Waals surface area contributed by atoms with Gasteiger partial charge < -0.3 is 5.32 Å². The van der Waals surface area contributed by atoms with E-state index in [2.05, 4.69) is 10.4 Å². The molecule has 0 saturated heterocycles. The maximum absolute atomic E-state index is 11.2. The molecule has 0 atom stereocenters. The van der Waals surface area contributed by atoms with Crippen molar-refractivity contribution in [1.29, 1.82) is 0 Å². The lowest BCUT2D eigenvalue weighted by atomic mass is 10.4. The molecule has 0 aromatic carbocycles. The zero-order chi connectivity index (χ0) is 10.6. The summed E-state index contributed by atoms with van der Waals surface area (Å²) in [5.41, 5.74) is 0. The summed E-state index contributed by atoms with van der Waals surface area (Å²) in [5, 5.41) is 6.85. The minimum Gasteiger partial charge on any atom is -0.307 e. The van der Waals surface area contributed by atoms with Crippen LogP contribution in [0.5, 0.6) is 0 Å². The van der Waals surface area contributed by atoms with E-state index in [1.165, 1.54) is 6.08 Å². The lowest BCUT2D eigenvalue weighted by molar-refractivity contribution is -0.112. The second-order valence-electron chi connectivity index (χ2n) is 3.24. The standard InChI is InChI=1S/C10H15N3O/c1-4-5-10(14)12-9-6-7-11-13(9)8(2)3/h4-8H,1-3H3,(H,12,14). The summed E-state index contributed by atoms with van der Waals surface area (Å²) in [5.74, 6) is 0.595. The van der Waals surface area contributed by atoms with E-state index in [4.69, 9.17) is 0 Å². The van der Waals surface area contributed by atoms with E-state index in [-0.39, 0.29) is 11.9 Å². The molecule has 0 saturated carbocycles. The maximum Gasteiger partial charge on any atom is 0.249 e. The summed E-state index contributed by atoms with van der Waals surface area (Å²) in [6.45, 7) is 5.83. The van der Waals surface area contributed by atoms with Crippen LogP contribution in [0.3, 0.4) is 0 Å². The molecule has 1 rings (SSSR count). The van der Waals surface area contributed by atoms with Gasteiger partial charge in [-0.25, -0.2) is 4.68 Å². The normalized spacial score (nSPS) is 11.1. The molecule has 0 radical (unpaired) electrons. The van der Waals surface area contributed by atoms with Crippen LogP contribution in [0.4, 0.5) is 5.82 Å². The van der Waals surface area contributed by atoms with Crippen LogP contribution >= 0.6 is 0 Å². The van der Waals surface area contributed by atoms with E-state index in [0.29, 0.717) is 0 Å². The first-order valence-corrected chi connectivity index (χ1v) is 4.62. The second-order valence-corrected chi connectivity index (χ2v) is 3.24. The van der Waals surface area contributed by atoms with Gasteiger partial charge in [0.2, 0.25) is 5.91 Å². The zero-order valence-corrected chi connectivity index (χ0v) is 8.69. The Morgan fingerprint density at radius 3 is 2.93 bits per heavy atom. The molecule has 0 unspecified atom stereocenters. The highest BCUT2D eigenvalue weighted by atomic mass is 16.1. The van der Waals surface area contributed by atoms with Crippen molar-refractivity contribution < 1.29 is 4.79 Å². The maximum atomic E-state index is 11.2. The van der Waals surface area contributed by atoms with E-state index in [1.54, 1.807) is 29.9 Å². The predicted octanol–water partition coefficient (Wildman–Crippen LogP) is 1.98. The fourth-order valence-electron chi connectivity index (χ4n) is 1.14. The minimum absolute atomic E-state index is 0.130. The van der Waals surface area contributed by atoms with Gasteiger partial charge in [0.15, 0.2) is 0 Å². The van der Waals surface area contributed by atoms with E-state index < -0.39 is 0 Å². The van der Waals surface area contributed by atoms with Crippen molar-refractivity contribution in [3.8, 4) is 0 Å². The average Bonchev–Trinajstić information content (AvgIpc) is 2.52. The molecule has 0 aliphatic rings. The van der Waals surface area contributed by atoms with Crippen molar-refractivity contribution in [3.63, 3.8) is 0 Å². The van der Waals surface area contributed by atoms with Gasteiger partial charge in [0.1, 0.15) is 5.82 Å². The second kappa shape index (κ2) is 4.60. The van der Waals surface area contributed by atoms with Crippen molar-refractivity contribution in [1.82, 2.24) is 9.78 Å². The average molecular weight is 193 g/mol. The highest BCUT2D eigenvalue weighted by Crippen LogP contribution is 2.12. The molecule has 1 heterocycles.